The first-order valence-corrected chi connectivity index (χ1v) is 13.6. The second-order valence-electron chi connectivity index (χ2n) is 8.72. The molecule has 3 aromatic rings. The van der Waals surface area contributed by atoms with Gasteiger partial charge in [0.25, 0.3) is 6.43 Å². The zero-order valence-electron chi connectivity index (χ0n) is 21.7. The van der Waals surface area contributed by atoms with E-state index in [9.17, 15) is 23.2 Å². The lowest BCUT2D eigenvalue weighted by atomic mass is 9.96. The van der Waals surface area contributed by atoms with Crippen molar-refractivity contribution in [1.29, 1.82) is 0 Å². The van der Waals surface area contributed by atoms with E-state index < -0.39 is 61.2 Å². The summed E-state index contributed by atoms with van der Waals surface area (Å²) in [5.41, 5.74) is 0.406. The van der Waals surface area contributed by atoms with Crippen molar-refractivity contribution in [3.63, 3.8) is 0 Å². The third kappa shape index (κ3) is 6.13. The Morgan fingerprint density at radius 3 is 1.98 bits per heavy atom. The minimum absolute atomic E-state index is 0.0906. The molecular formula is C24H23ClF4N3O9P. The Morgan fingerprint density at radius 1 is 1.05 bits per heavy atom. The first kappa shape index (κ1) is 31.4. The van der Waals surface area contributed by atoms with Crippen LogP contribution in [0.5, 0.6) is 23.0 Å². The molecule has 0 spiro atoms. The fourth-order valence-electron chi connectivity index (χ4n) is 3.81. The summed E-state index contributed by atoms with van der Waals surface area (Å²) in [6.07, 6.45) is -9.43. The van der Waals surface area contributed by atoms with Gasteiger partial charge in [0.2, 0.25) is 6.23 Å². The van der Waals surface area contributed by atoms with Crippen LogP contribution in [0.25, 0.3) is 0 Å². The number of halogens is 5. The summed E-state index contributed by atoms with van der Waals surface area (Å²) in [4.78, 5) is 15.5. The van der Waals surface area contributed by atoms with Crippen LogP contribution >= 0.6 is 19.4 Å². The largest absolute Gasteiger partial charge is 0.587 e. The molecule has 3 N–H and O–H groups in total. The topological polar surface area (TPSA) is 154 Å². The molecule has 0 saturated carbocycles. The number of benzene rings is 2. The molecule has 1 aliphatic rings. The molecule has 1 aromatic heterocycles. The van der Waals surface area contributed by atoms with E-state index in [1.807, 2.05) is 0 Å². The van der Waals surface area contributed by atoms with Crippen LogP contribution in [0.1, 0.15) is 6.23 Å². The van der Waals surface area contributed by atoms with Crippen molar-refractivity contribution in [2.24, 2.45) is 0 Å². The number of phosphoric acid groups is 1. The quantitative estimate of drug-likeness (QED) is 0.228. The van der Waals surface area contributed by atoms with Gasteiger partial charge in [-0.2, -0.15) is 13.8 Å². The molecule has 0 aliphatic carbocycles. The van der Waals surface area contributed by atoms with Crippen molar-refractivity contribution in [3.05, 3.63) is 70.2 Å². The maximum atomic E-state index is 15.2. The Balaban J connectivity index is 1.68. The van der Waals surface area contributed by atoms with Gasteiger partial charge in [-0.3, -0.25) is 9.09 Å². The standard InChI is InChI=1S/C24H23ClF4N3O9P/c1-36-13-3-7-15(8-4-13)40-42(35,41-16-9-5-14(37-2)6-10-16)38-12-23(20(26)27)19(33)24(28,29)21(39-23)32-11-17(25)18(30)31-22(32)34/h3-11,19-21,33H,12H2,1-2H3,(H2,30,31,34)/t19?,21-,23-/m1/s1. The number of aliphatic hydroxyl groups is 1. The van der Waals surface area contributed by atoms with Crippen molar-refractivity contribution in [2.75, 3.05) is 26.6 Å². The molecule has 0 radical (unpaired) electrons. The number of hydrogen-bond donors (Lipinski definition) is 2. The number of aliphatic hydroxyl groups excluding tert-OH is 1. The van der Waals surface area contributed by atoms with Gasteiger partial charge in [-0.15, -0.1) is 0 Å². The predicted octanol–water partition coefficient (Wildman–Crippen LogP) is 4.31. The molecule has 0 bridgehead atoms. The average molecular weight is 640 g/mol. The van der Waals surface area contributed by atoms with Crippen molar-refractivity contribution >= 4 is 25.2 Å². The van der Waals surface area contributed by atoms with E-state index >= 15 is 8.78 Å². The van der Waals surface area contributed by atoms with E-state index in [-0.39, 0.29) is 16.1 Å². The number of aromatic nitrogens is 2. The smallest absolute Gasteiger partial charge is 0.497 e. The van der Waals surface area contributed by atoms with Gasteiger partial charge in [0, 0.05) is 6.20 Å². The van der Waals surface area contributed by atoms with E-state index in [2.05, 4.69) is 4.98 Å². The van der Waals surface area contributed by atoms with Gasteiger partial charge < -0.3 is 34.1 Å². The maximum Gasteiger partial charge on any atom is 0.587 e. The van der Waals surface area contributed by atoms with Crippen LogP contribution < -0.4 is 29.9 Å². The van der Waals surface area contributed by atoms with Gasteiger partial charge >= 0.3 is 19.4 Å². The lowest BCUT2D eigenvalue weighted by molar-refractivity contribution is -0.193. The lowest BCUT2D eigenvalue weighted by Gasteiger charge is -2.31. The SMILES string of the molecule is COc1ccc(OP(=O)(OC[C@@]2(C(F)F)O[C@@H](n3cc(Cl)c(N)nc3=O)C(F)(F)C2O)Oc2ccc(OC)cc2)cc1. The molecule has 4 rings (SSSR count). The highest BCUT2D eigenvalue weighted by molar-refractivity contribution is 7.49. The van der Waals surface area contributed by atoms with Crippen molar-refractivity contribution < 1.29 is 55.0 Å². The van der Waals surface area contributed by atoms with Gasteiger partial charge in [-0.25, -0.2) is 18.1 Å². The molecule has 1 fully saturated rings. The average Bonchev–Trinajstić information content (AvgIpc) is 3.16. The monoisotopic (exact) mass is 639 g/mol. The molecule has 2 aromatic carbocycles. The zero-order valence-corrected chi connectivity index (χ0v) is 23.3. The van der Waals surface area contributed by atoms with Crippen LogP contribution in [0, 0.1) is 0 Å². The summed E-state index contributed by atoms with van der Waals surface area (Å²) >= 11 is 5.77. The van der Waals surface area contributed by atoms with Gasteiger partial charge in [0.1, 0.15) is 28.8 Å². The summed E-state index contributed by atoms with van der Waals surface area (Å²) in [7, 11) is -2.22. The number of nitrogen functional groups attached to an aromatic ring is 1. The highest BCUT2D eigenvalue weighted by Gasteiger charge is 2.71. The Morgan fingerprint density at radius 2 is 1.52 bits per heavy atom. The van der Waals surface area contributed by atoms with Gasteiger partial charge in [-0.05, 0) is 48.5 Å². The molecular weight excluding hydrogens is 617 g/mol. The molecule has 1 aliphatic heterocycles. The molecule has 12 nitrogen and oxygen atoms in total. The summed E-state index contributed by atoms with van der Waals surface area (Å²) in [5.74, 6) is -4.59. The number of methoxy groups -OCH3 is 2. The van der Waals surface area contributed by atoms with E-state index in [4.69, 9.17) is 45.1 Å². The number of phosphoric ester groups is 1. The maximum absolute atomic E-state index is 15.2. The minimum Gasteiger partial charge on any atom is -0.497 e. The molecule has 228 valence electrons. The Bertz CT molecular complexity index is 1460. The number of alkyl halides is 4. The number of nitrogens with zero attached hydrogens (tertiary/aromatic N) is 2. The first-order chi connectivity index (χ1) is 19.7. The summed E-state index contributed by atoms with van der Waals surface area (Å²) in [6, 6.07) is 10.8. The van der Waals surface area contributed by atoms with E-state index in [1.165, 1.54) is 62.8 Å². The lowest BCUT2D eigenvalue weighted by Crippen LogP contribution is -2.54. The molecule has 2 heterocycles. The normalized spacial score (nSPS) is 21.7. The molecule has 1 unspecified atom stereocenters. The molecule has 18 heteroatoms. The van der Waals surface area contributed by atoms with Crippen LogP contribution in [-0.2, 0) is 13.8 Å². The molecule has 0 amide bonds. The zero-order chi connectivity index (χ0) is 30.9. The third-order valence-corrected chi connectivity index (χ3v) is 7.65. The third-order valence-electron chi connectivity index (χ3n) is 6.05. The highest BCUT2D eigenvalue weighted by atomic mass is 35.5. The first-order valence-electron chi connectivity index (χ1n) is 11.7. The van der Waals surface area contributed by atoms with Crippen LogP contribution in [0.15, 0.2) is 59.5 Å². The van der Waals surface area contributed by atoms with Crippen LogP contribution in [0.3, 0.4) is 0 Å². The fourth-order valence-corrected chi connectivity index (χ4v) is 5.22. The van der Waals surface area contributed by atoms with Crippen molar-refractivity contribution in [3.8, 4) is 23.0 Å². The van der Waals surface area contributed by atoms with E-state index in [0.717, 1.165) is 0 Å². The molecule has 3 atom stereocenters. The number of anilines is 1. The number of hydrogen-bond acceptors (Lipinski definition) is 11. The van der Waals surface area contributed by atoms with Crippen LogP contribution in [0.4, 0.5) is 23.4 Å². The predicted molar refractivity (Wildman–Crippen MR) is 139 cm³/mol. The number of rotatable bonds is 11. The van der Waals surface area contributed by atoms with Gasteiger partial charge in [0.15, 0.2) is 11.7 Å². The Hall–Kier alpha value is -3.56. The minimum atomic E-state index is -5.00. The Labute approximate surface area is 240 Å². The number of nitrogens with two attached hydrogens (primary N) is 1. The molecule has 42 heavy (non-hydrogen) atoms. The summed E-state index contributed by atoms with van der Waals surface area (Å²) in [6.45, 7) is -1.66. The van der Waals surface area contributed by atoms with Gasteiger partial charge in [0.05, 0.1) is 25.8 Å². The summed E-state index contributed by atoms with van der Waals surface area (Å²) < 4.78 is 104. The van der Waals surface area contributed by atoms with Crippen molar-refractivity contribution in [1.82, 2.24) is 9.55 Å². The van der Waals surface area contributed by atoms with E-state index in [1.54, 1.807) is 0 Å². The molecule has 1 saturated heterocycles. The fraction of sp³-hybridized carbons (Fsp3) is 0.333. The number of ether oxygens (including phenoxy) is 3. The van der Waals surface area contributed by atoms with E-state index in [0.29, 0.717) is 17.7 Å². The Kier molecular flexibility index (Phi) is 8.94. The summed E-state index contributed by atoms with van der Waals surface area (Å²) in [5, 5.41) is 9.98. The van der Waals surface area contributed by atoms with Crippen molar-refractivity contribution in [2.45, 2.75) is 30.3 Å². The van der Waals surface area contributed by atoms with Gasteiger partial charge in [-0.1, -0.05) is 11.6 Å². The van der Waals surface area contributed by atoms with Crippen LogP contribution in [-0.4, -0.2) is 59.5 Å². The highest BCUT2D eigenvalue weighted by Crippen LogP contribution is 2.55. The van der Waals surface area contributed by atoms with Crippen LogP contribution in [0.2, 0.25) is 5.02 Å². The second kappa shape index (κ2) is 12.0. The second-order valence-corrected chi connectivity index (χ2v) is 10.6.